The van der Waals surface area contributed by atoms with Gasteiger partial charge in [0.05, 0.1) is 24.7 Å². The first-order chi connectivity index (χ1) is 16.2. The van der Waals surface area contributed by atoms with Gasteiger partial charge in [0, 0.05) is 17.5 Å². The first kappa shape index (κ1) is 19.6. The van der Waals surface area contributed by atoms with Crippen molar-refractivity contribution in [1.29, 1.82) is 0 Å². The topological polar surface area (TPSA) is 91.0 Å². The number of phenolic OH excluding ortho intramolecular Hbond substituents is 1. The molecular weight excluding hydrogens is 440 g/mol. The summed E-state index contributed by atoms with van der Waals surface area (Å²) in [6.07, 6.45) is 1.59. The highest BCUT2D eigenvalue weighted by molar-refractivity contribution is 7.13. The number of ether oxygens (including phenoxy) is 3. The molecule has 1 aliphatic heterocycles. The smallest absolute Gasteiger partial charge is 0.228 e. The average Bonchev–Trinajstić information content (AvgIpc) is 3.52. The third-order valence-corrected chi connectivity index (χ3v) is 6.54. The lowest BCUT2D eigenvalue weighted by Gasteiger charge is -2.28. The van der Waals surface area contributed by atoms with E-state index in [0.717, 1.165) is 21.6 Å². The van der Waals surface area contributed by atoms with E-state index in [0.29, 0.717) is 34.6 Å². The van der Waals surface area contributed by atoms with Crippen molar-refractivity contribution in [3.05, 3.63) is 76.9 Å². The molecule has 3 aromatic heterocycles. The standard InChI is InChI=1S/C24H18N4O4S/c1-30-16-8-5-13(10-18(16)31-2)20-15-7-6-14(29)11-17(15)32-24-21(20)23-26-22(19-4-3-9-33-19)27-28(23)12-25-24/h3-12,20,29H,1-2H3/t20-/m0/s1. The Balaban J connectivity index is 1.62. The van der Waals surface area contributed by atoms with Crippen LogP contribution in [0, 0.1) is 0 Å². The molecule has 6 rings (SSSR count). The maximum absolute atomic E-state index is 10.1. The molecule has 0 saturated carbocycles. The third-order valence-electron chi connectivity index (χ3n) is 5.67. The van der Waals surface area contributed by atoms with Gasteiger partial charge in [0.2, 0.25) is 5.88 Å². The number of hydrogen-bond donors (Lipinski definition) is 1. The van der Waals surface area contributed by atoms with Crippen LogP contribution in [0.5, 0.6) is 28.9 Å². The Kier molecular flexibility index (Phi) is 4.44. The maximum atomic E-state index is 10.1. The van der Waals surface area contributed by atoms with Crippen molar-refractivity contribution in [2.24, 2.45) is 0 Å². The van der Waals surface area contributed by atoms with Gasteiger partial charge < -0.3 is 19.3 Å². The Morgan fingerprint density at radius 2 is 1.94 bits per heavy atom. The largest absolute Gasteiger partial charge is 0.508 e. The van der Waals surface area contributed by atoms with Crippen LogP contribution >= 0.6 is 11.3 Å². The quantitative estimate of drug-likeness (QED) is 0.403. The highest BCUT2D eigenvalue weighted by Gasteiger charge is 2.34. The van der Waals surface area contributed by atoms with Crippen molar-refractivity contribution in [3.8, 4) is 39.6 Å². The first-order valence-electron chi connectivity index (χ1n) is 10.2. The Bertz CT molecular complexity index is 1500. The van der Waals surface area contributed by atoms with Crippen molar-refractivity contribution in [1.82, 2.24) is 19.6 Å². The van der Waals surface area contributed by atoms with Crippen LogP contribution < -0.4 is 14.2 Å². The van der Waals surface area contributed by atoms with Crippen molar-refractivity contribution in [2.75, 3.05) is 14.2 Å². The fourth-order valence-electron chi connectivity index (χ4n) is 4.19. The summed E-state index contributed by atoms with van der Waals surface area (Å²) < 4.78 is 18.8. The molecule has 0 saturated heterocycles. The van der Waals surface area contributed by atoms with Crippen LogP contribution in [-0.4, -0.2) is 38.9 Å². The van der Waals surface area contributed by atoms with E-state index in [9.17, 15) is 5.11 Å². The molecule has 1 atom stereocenters. The summed E-state index contributed by atoms with van der Waals surface area (Å²) in [5, 5.41) is 16.7. The minimum absolute atomic E-state index is 0.117. The Morgan fingerprint density at radius 1 is 1.06 bits per heavy atom. The lowest BCUT2D eigenvalue weighted by Crippen LogP contribution is -2.15. The molecule has 4 heterocycles. The fourth-order valence-corrected chi connectivity index (χ4v) is 4.84. The molecule has 2 aromatic carbocycles. The Morgan fingerprint density at radius 3 is 2.73 bits per heavy atom. The molecular formula is C24H18N4O4S. The molecule has 9 heteroatoms. The predicted octanol–water partition coefficient (Wildman–Crippen LogP) is 4.86. The van der Waals surface area contributed by atoms with Crippen molar-refractivity contribution >= 4 is 17.0 Å². The molecule has 5 aromatic rings. The Labute approximate surface area is 192 Å². The molecule has 0 unspecified atom stereocenters. The highest BCUT2D eigenvalue weighted by Crippen LogP contribution is 2.49. The van der Waals surface area contributed by atoms with Crippen LogP contribution in [0.25, 0.3) is 16.3 Å². The summed E-state index contributed by atoms with van der Waals surface area (Å²) in [5.74, 6) is 2.68. The van der Waals surface area contributed by atoms with E-state index >= 15 is 0 Å². The van der Waals surface area contributed by atoms with Gasteiger partial charge in [-0.25, -0.2) is 14.5 Å². The van der Waals surface area contributed by atoms with Crippen molar-refractivity contribution < 1.29 is 19.3 Å². The third kappa shape index (κ3) is 3.08. The van der Waals surface area contributed by atoms with Crippen molar-refractivity contribution in [2.45, 2.75) is 5.92 Å². The number of aromatic hydroxyl groups is 1. The van der Waals surface area contributed by atoms with E-state index in [2.05, 4.69) is 10.1 Å². The van der Waals surface area contributed by atoms with E-state index in [4.69, 9.17) is 19.2 Å². The number of thiophene rings is 1. The van der Waals surface area contributed by atoms with Crippen LogP contribution in [0.4, 0.5) is 0 Å². The number of aromatic nitrogens is 4. The SMILES string of the molecule is COc1ccc([C@H]2c3ccc(O)cc3Oc3ncn4nc(-c5cccs5)nc4c32)cc1OC. The first-order valence-corrected chi connectivity index (χ1v) is 11.1. The van der Waals surface area contributed by atoms with Crippen LogP contribution in [0.1, 0.15) is 22.6 Å². The Hall–Kier alpha value is -4.11. The van der Waals surface area contributed by atoms with Gasteiger partial charge in [-0.3, -0.25) is 0 Å². The number of hydrogen-bond acceptors (Lipinski definition) is 8. The fraction of sp³-hybridized carbons (Fsp3) is 0.125. The molecule has 1 aliphatic rings. The lowest BCUT2D eigenvalue weighted by molar-refractivity contribution is 0.354. The number of fused-ring (bicyclic) bond motifs is 4. The molecule has 0 radical (unpaired) electrons. The summed E-state index contributed by atoms with van der Waals surface area (Å²) in [7, 11) is 3.21. The summed E-state index contributed by atoms with van der Waals surface area (Å²) in [5.41, 5.74) is 3.27. The van der Waals surface area contributed by atoms with E-state index in [1.165, 1.54) is 0 Å². The van der Waals surface area contributed by atoms with Crippen LogP contribution in [-0.2, 0) is 0 Å². The highest BCUT2D eigenvalue weighted by atomic mass is 32.1. The molecule has 8 nitrogen and oxygen atoms in total. The number of benzene rings is 2. The molecule has 0 amide bonds. The molecule has 0 aliphatic carbocycles. The second-order valence-electron chi connectivity index (χ2n) is 7.52. The molecule has 1 N–H and O–H groups in total. The summed E-state index contributed by atoms with van der Waals surface area (Å²) in [6, 6.07) is 14.9. The second kappa shape index (κ2) is 7.49. The lowest BCUT2D eigenvalue weighted by atomic mass is 9.83. The van der Waals surface area contributed by atoms with E-state index in [-0.39, 0.29) is 11.7 Å². The summed E-state index contributed by atoms with van der Waals surface area (Å²) in [6.45, 7) is 0. The van der Waals surface area contributed by atoms with Gasteiger partial charge in [0.25, 0.3) is 0 Å². The zero-order valence-electron chi connectivity index (χ0n) is 17.7. The normalized spacial score (nSPS) is 14.4. The monoisotopic (exact) mass is 458 g/mol. The van der Waals surface area contributed by atoms with Gasteiger partial charge >= 0.3 is 0 Å². The minimum Gasteiger partial charge on any atom is -0.508 e. The number of rotatable bonds is 4. The van der Waals surface area contributed by atoms with E-state index in [1.54, 1.807) is 48.5 Å². The zero-order chi connectivity index (χ0) is 22.5. The second-order valence-corrected chi connectivity index (χ2v) is 8.46. The molecule has 0 spiro atoms. The van der Waals surface area contributed by atoms with Crippen LogP contribution in [0.15, 0.2) is 60.2 Å². The van der Waals surface area contributed by atoms with Crippen LogP contribution in [0.3, 0.4) is 0 Å². The molecule has 0 bridgehead atoms. The van der Waals surface area contributed by atoms with E-state index in [1.807, 2.05) is 41.8 Å². The van der Waals surface area contributed by atoms with Gasteiger partial charge in [-0.05, 0) is 35.2 Å². The average molecular weight is 458 g/mol. The van der Waals surface area contributed by atoms with Gasteiger partial charge in [0.1, 0.15) is 17.8 Å². The molecule has 164 valence electrons. The number of phenols is 1. The van der Waals surface area contributed by atoms with Crippen molar-refractivity contribution in [3.63, 3.8) is 0 Å². The maximum Gasteiger partial charge on any atom is 0.228 e. The molecule has 33 heavy (non-hydrogen) atoms. The summed E-state index contributed by atoms with van der Waals surface area (Å²) >= 11 is 1.58. The van der Waals surface area contributed by atoms with Gasteiger partial charge in [-0.1, -0.05) is 18.2 Å². The van der Waals surface area contributed by atoms with Crippen LogP contribution in [0.2, 0.25) is 0 Å². The minimum atomic E-state index is -0.277. The number of nitrogens with zero attached hydrogens (tertiary/aromatic N) is 4. The molecule has 0 fully saturated rings. The van der Waals surface area contributed by atoms with E-state index < -0.39 is 0 Å². The number of methoxy groups -OCH3 is 2. The van der Waals surface area contributed by atoms with Gasteiger partial charge in [-0.2, -0.15) is 0 Å². The summed E-state index contributed by atoms with van der Waals surface area (Å²) in [4.78, 5) is 10.3. The zero-order valence-corrected chi connectivity index (χ0v) is 18.5. The van der Waals surface area contributed by atoms with Gasteiger partial charge in [0.15, 0.2) is 23.0 Å². The van der Waals surface area contributed by atoms with Gasteiger partial charge in [-0.15, -0.1) is 16.4 Å². The predicted molar refractivity (Wildman–Crippen MR) is 123 cm³/mol.